The van der Waals surface area contributed by atoms with Crippen molar-refractivity contribution in [1.82, 2.24) is 30.0 Å². The van der Waals surface area contributed by atoms with Crippen LogP contribution in [0.2, 0.25) is 0 Å². The summed E-state index contributed by atoms with van der Waals surface area (Å²) in [6.07, 6.45) is 6.29. The monoisotopic (exact) mass is 450 g/mol. The van der Waals surface area contributed by atoms with Gasteiger partial charge >= 0.3 is 0 Å². The first-order valence-corrected chi connectivity index (χ1v) is 10.6. The van der Waals surface area contributed by atoms with Gasteiger partial charge in [0.15, 0.2) is 5.82 Å². The van der Waals surface area contributed by atoms with Gasteiger partial charge in [0.05, 0.1) is 36.7 Å². The van der Waals surface area contributed by atoms with E-state index in [0.29, 0.717) is 28.3 Å². The highest BCUT2D eigenvalue weighted by atomic mass is 19.1. The maximum Gasteiger partial charge on any atom is 0.256 e. The summed E-state index contributed by atoms with van der Waals surface area (Å²) in [7, 11) is 3.27. The van der Waals surface area contributed by atoms with Crippen molar-refractivity contribution in [1.29, 1.82) is 0 Å². The molecule has 1 amide bonds. The number of ether oxygens (including phenoxy) is 1. The molecule has 4 heterocycles. The number of methoxy groups -OCH3 is 1. The van der Waals surface area contributed by atoms with Gasteiger partial charge in [-0.2, -0.15) is 0 Å². The number of fused-ring (bicyclic) bond motifs is 1. The van der Waals surface area contributed by atoms with Gasteiger partial charge in [-0.25, -0.2) is 14.4 Å². The minimum absolute atomic E-state index is 0.0822. The number of aryl methyl sites for hydroxylation is 1. The number of amides is 1. The van der Waals surface area contributed by atoms with Gasteiger partial charge in [-0.15, -0.1) is 5.10 Å². The van der Waals surface area contributed by atoms with Crippen molar-refractivity contribution < 1.29 is 13.9 Å². The molecule has 0 unspecified atom stereocenters. The highest BCUT2D eigenvalue weighted by Crippen LogP contribution is 2.34. The number of nitrogens with one attached hydrogen (secondary N) is 4. The van der Waals surface area contributed by atoms with Crippen molar-refractivity contribution in [3.63, 3.8) is 0 Å². The van der Waals surface area contributed by atoms with E-state index in [1.807, 2.05) is 18.2 Å². The zero-order valence-corrected chi connectivity index (χ0v) is 18.1. The van der Waals surface area contributed by atoms with Gasteiger partial charge in [-0.1, -0.05) is 12.1 Å². The maximum absolute atomic E-state index is 14.8. The Hall–Kier alpha value is -3.99. The largest absolute Gasteiger partial charge is 0.478 e. The first-order valence-electron chi connectivity index (χ1n) is 10.6. The molecule has 1 aliphatic rings. The molecule has 3 aromatic heterocycles. The van der Waals surface area contributed by atoms with Crippen LogP contribution < -0.4 is 20.7 Å². The van der Waals surface area contributed by atoms with Crippen LogP contribution in [0.15, 0.2) is 36.8 Å². The van der Waals surface area contributed by atoms with Crippen LogP contribution in [-0.2, 0) is 11.8 Å². The number of benzene rings is 1. The third kappa shape index (κ3) is 3.98. The molecule has 10 nitrogen and oxygen atoms in total. The lowest BCUT2D eigenvalue weighted by Crippen LogP contribution is -2.35. The lowest BCUT2D eigenvalue weighted by atomic mass is 10.1. The van der Waals surface area contributed by atoms with Gasteiger partial charge in [0.1, 0.15) is 11.4 Å². The molecule has 1 atom stereocenters. The number of nitrogens with zero attached hydrogens (tertiary/aromatic N) is 4. The van der Waals surface area contributed by atoms with Gasteiger partial charge in [-0.3, -0.25) is 9.48 Å². The smallest absolute Gasteiger partial charge is 0.256 e. The standard InChI is InChI=1S/C22H23FN8O2/c1-31-11-17(21(30-31)33-2)28-22-26-10-14(23)18(29-22)13-9-25-19-12(13)5-3-6-15(19)27-20(32)16-7-4-8-24-16/h3,5-6,9-11,16,24-25H,4,7-8H2,1-2H3,(H,27,32)(H,26,28,29)/t16-/m1/s1. The third-order valence-corrected chi connectivity index (χ3v) is 5.58. The van der Waals surface area contributed by atoms with Crippen LogP contribution >= 0.6 is 0 Å². The van der Waals surface area contributed by atoms with Crippen molar-refractivity contribution in [2.75, 3.05) is 24.3 Å². The van der Waals surface area contributed by atoms with Crippen LogP contribution in [0.4, 0.5) is 21.7 Å². The summed E-state index contributed by atoms with van der Waals surface area (Å²) in [5.74, 6) is -0.0783. The molecule has 5 rings (SSSR count). The second kappa shape index (κ2) is 8.51. The second-order valence-electron chi connectivity index (χ2n) is 7.81. The maximum atomic E-state index is 14.8. The Labute approximate surface area is 188 Å². The summed E-state index contributed by atoms with van der Waals surface area (Å²) in [5.41, 5.74) is 2.57. The van der Waals surface area contributed by atoms with Crippen molar-refractivity contribution in [2.24, 2.45) is 7.05 Å². The molecule has 4 aromatic rings. The molecule has 0 radical (unpaired) electrons. The number of carbonyl (C=O) groups is 1. The Bertz CT molecular complexity index is 1330. The molecule has 4 N–H and O–H groups in total. The molecule has 0 bridgehead atoms. The van der Waals surface area contributed by atoms with Crippen LogP contribution in [0, 0.1) is 5.82 Å². The Morgan fingerprint density at radius 1 is 1.33 bits per heavy atom. The van der Waals surface area contributed by atoms with Gasteiger partial charge < -0.3 is 25.7 Å². The second-order valence-corrected chi connectivity index (χ2v) is 7.81. The minimum atomic E-state index is -0.566. The van der Waals surface area contributed by atoms with Crippen LogP contribution in [0.5, 0.6) is 5.88 Å². The predicted molar refractivity (Wildman–Crippen MR) is 122 cm³/mol. The third-order valence-electron chi connectivity index (χ3n) is 5.58. The van der Waals surface area contributed by atoms with E-state index in [-0.39, 0.29) is 23.6 Å². The molecule has 1 aliphatic heterocycles. The Kier molecular flexibility index (Phi) is 5.38. The normalized spacial score (nSPS) is 15.7. The van der Waals surface area contributed by atoms with Crippen LogP contribution in [0.1, 0.15) is 12.8 Å². The number of para-hydroxylation sites is 1. The summed E-state index contributed by atoms with van der Waals surface area (Å²) >= 11 is 0. The zero-order chi connectivity index (χ0) is 22.9. The number of aromatic nitrogens is 5. The zero-order valence-electron chi connectivity index (χ0n) is 18.1. The highest BCUT2D eigenvalue weighted by Gasteiger charge is 2.23. The summed E-state index contributed by atoms with van der Waals surface area (Å²) in [6.45, 7) is 0.837. The Morgan fingerprint density at radius 2 is 2.21 bits per heavy atom. The quantitative estimate of drug-likeness (QED) is 0.356. The van der Waals surface area contributed by atoms with Gasteiger partial charge in [-0.05, 0) is 25.5 Å². The lowest BCUT2D eigenvalue weighted by molar-refractivity contribution is -0.117. The molecule has 0 saturated carbocycles. The Morgan fingerprint density at radius 3 is 3.00 bits per heavy atom. The van der Waals surface area contributed by atoms with Crippen LogP contribution in [0.25, 0.3) is 22.2 Å². The average molecular weight is 450 g/mol. The van der Waals surface area contributed by atoms with E-state index in [1.165, 1.54) is 7.11 Å². The molecular formula is C22H23FN8O2. The molecule has 1 saturated heterocycles. The number of halogens is 1. The van der Waals surface area contributed by atoms with Gasteiger partial charge in [0.25, 0.3) is 5.88 Å². The number of carbonyl (C=O) groups excluding carboxylic acids is 1. The molecule has 33 heavy (non-hydrogen) atoms. The van der Waals surface area contributed by atoms with Crippen molar-refractivity contribution in [3.8, 4) is 17.1 Å². The van der Waals surface area contributed by atoms with Gasteiger partial charge in [0, 0.05) is 24.2 Å². The molecule has 170 valence electrons. The van der Waals surface area contributed by atoms with Crippen molar-refractivity contribution >= 4 is 34.1 Å². The summed E-state index contributed by atoms with van der Waals surface area (Å²) in [4.78, 5) is 24.2. The molecule has 11 heteroatoms. The number of aromatic amines is 1. The summed E-state index contributed by atoms with van der Waals surface area (Å²) < 4.78 is 21.6. The number of hydrogen-bond acceptors (Lipinski definition) is 7. The molecule has 0 spiro atoms. The van der Waals surface area contributed by atoms with E-state index in [0.717, 1.165) is 31.0 Å². The lowest BCUT2D eigenvalue weighted by Gasteiger charge is -2.12. The van der Waals surface area contributed by atoms with E-state index in [2.05, 4.69) is 36.0 Å². The number of hydrogen-bond donors (Lipinski definition) is 4. The average Bonchev–Trinajstić information content (AvgIpc) is 3.55. The number of H-pyrrole nitrogens is 1. The van der Waals surface area contributed by atoms with Crippen LogP contribution in [-0.4, -0.2) is 50.3 Å². The highest BCUT2D eigenvalue weighted by molar-refractivity contribution is 6.06. The molecule has 1 fully saturated rings. The fraction of sp³-hybridized carbons (Fsp3) is 0.273. The SMILES string of the molecule is COc1nn(C)cc1Nc1ncc(F)c(-c2c[nH]c3c(NC(=O)[C@H]4CCCN4)cccc23)n1. The summed E-state index contributed by atoms with van der Waals surface area (Å²) in [5, 5.41) is 14.1. The Balaban J connectivity index is 1.47. The van der Waals surface area contributed by atoms with E-state index in [9.17, 15) is 9.18 Å². The first-order chi connectivity index (χ1) is 16.0. The van der Waals surface area contributed by atoms with Crippen LogP contribution in [0.3, 0.4) is 0 Å². The number of anilines is 3. The minimum Gasteiger partial charge on any atom is -0.478 e. The fourth-order valence-corrected chi connectivity index (χ4v) is 4.02. The molecular weight excluding hydrogens is 427 g/mol. The summed E-state index contributed by atoms with van der Waals surface area (Å²) in [6, 6.07) is 5.28. The topological polar surface area (TPSA) is 122 Å². The molecule has 1 aromatic carbocycles. The van der Waals surface area contributed by atoms with E-state index >= 15 is 0 Å². The fourth-order valence-electron chi connectivity index (χ4n) is 4.02. The molecule has 0 aliphatic carbocycles. The van der Waals surface area contributed by atoms with Crippen molar-refractivity contribution in [3.05, 3.63) is 42.6 Å². The van der Waals surface area contributed by atoms with Crippen molar-refractivity contribution in [2.45, 2.75) is 18.9 Å². The first kappa shape index (κ1) is 20.9. The van der Waals surface area contributed by atoms with E-state index in [1.54, 1.807) is 24.1 Å². The number of rotatable bonds is 6. The predicted octanol–water partition coefficient (Wildman–Crippen LogP) is 2.94. The van der Waals surface area contributed by atoms with Gasteiger partial charge in [0.2, 0.25) is 11.9 Å². The van der Waals surface area contributed by atoms with E-state index < -0.39 is 5.82 Å². The van der Waals surface area contributed by atoms with E-state index in [4.69, 9.17) is 4.74 Å².